The fraction of sp³-hybridized carbons (Fsp3) is 0.227. The molecular weight excluding hydrogens is 342 g/mol. The molecule has 0 amide bonds. The maximum atomic E-state index is 11.8. The number of Topliss-reactive ketones (excluding diaryl/α,β-unsaturated/α-hetero) is 1. The molecule has 1 heterocycles. The largest absolute Gasteiger partial charge is 0.506 e. The molecule has 3 rings (SSSR count). The zero-order valence-corrected chi connectivity index (χ0v) is 15.1. The number of fused-ring (bicyclic) bond motifs is 1. The van der Waals surface area contributed by atoms with Gasteiger partial charge < -0.3 is 10.2 Å². The Kier molecular flexibility index (Phi) is 5.50. The Morgan fingerprint density at radius 2 is 1.67 bits per heavy atom. The minimum absolute atomic E-state index is 0.00160. The first-order valence-corrected chi connectivity index (χ1v) is 8.87. The SMILES string of the molecule is Cc1ccc(-c2ccc(O)c(CCC(=O)CCC(=O)O)n2)c2ccccc12. The Bertz CT molecular complexity index is 1010. The molecule has 0 bridgehead atoms. The Hall–Kier alpha value is -3.21. The number of aryl methyl sites for hydroxylation is 2. The van der Waals surface area contributed by atoms with Gasteiger partial charge in [0.05, 0.1) is 17.8 Å². The lowest BCUT2D eigenvalue weighted by atomic mass is 9.98. The molecule has 0 aliphatic rings. The molecule has 2 N–H and O–H groups in total. The fourth-order valence-corrected chi connectivity index (χ4v) is 3.13. The van der Waals surface area contributed by atoms with Crippen LogP contribution in [-0.2, 0) is 16.0 Å². The molecule has 5 heteroatoms. The van der Waals surface area contributed by atoms with Gasteiger partial charge in [0.25, 0.3) is 0 Å². The van der Waals surface area contributed by atoms with Crippen molar-refractivity contribution in [1.82, 2.24) is 4.98 Å². The summed E-state index contributed by atoms with van der Waals surface area (Å²) in [4.78, 5) is 27.0. The monoisotopic (exact) mass is 363 g/mol. The van der Waals surface area contributed by atoms with Crippen molar-refractivity contribution in [3.63, 3.8) is 0 Å². The average Bonchev–Trinajstić information content (AvgIpc) is 2.66. The lowest BCUT2D eigenvalue weighted by Crippen LogP contribution is -2.05. The second-order valence-electron chi connectivity index (χ2n) is 6.57. The summed E-state index contributed by atoms with van der Waals surface area (Å²) in [5.41, 5.74) is 3.32. The van der Waals surface area contributed by atoms with E-state index in [-0.39, 0.29) is 37.2 Å². The summed E-state index contributed by atoms with van der Waals surface area (Å²) in [5.74, 6) is -1.09. The van der Waals surface area contributed by atoms with E-state index in [0.29, 0.717) is 5.69 Å². The average molecular weight is 363 g/mol. The smallest absolute Gasteiger partial charge is 0.303 e. The van der Waals surface area contributed by atoms with Crippen LogP contribution in [-0.4, -0.2) is 26.9 Å². The van der Waals surface area contributed by atoms with E-state index < -0.39 is 5.97 Å². The van der Waals surface area contributed by atoms with Crippen LogP contribution in [0.3, 0.4) is 0 Å². The first kappa shape index (κ1) is 18.6. The third kappa shape index (κ3) is 4.31. The molecule has 0 aliphatic heterocycles. The molecular formula is C22H21NO4. The van der Waals surface area contributed by atoms with Crippen LogP contribution in [0.5, 0.6) is 5.75 Å². The molecule has 0 unspecified atom stereocenters. The number of carboxylic acid groups (broad SMARTS) is 1. The van der Waals surface area contributed by atoms with Crippen LogP contribution >= 0.6 is 0 Å². The summed E-state index contributed by atoms with van der Waals surface area (Å²) in [7, 11) is 0. The summed E-state index contributed by atoms with van der Waals surface area (Å²) >= 11 is 0. The number of carbonyl (C=O) groups is 2. The molecule has 3 aromatic rings. The van der Waals surface area contributed by atoms with Crippen LogP contribution in [0.25, 0.3) is 22.0 Å². The van der Waals surface area contributed by atoms with Crippen molar-refractivity contribution in [2.45, 2.75) is 32.6 Å². The summed E-state index contributed by atoms with van der Waals surface area (Å²) < 4.78 is 0. The van der Waals surface area contributed by atoms with Crippen molar-refractivity contribution in [2.24, 2.45) is 0 Å². The number of hydrogen-bond acceptors (Lipinski definition) is 4. The van der Waals surface area contributed by atoms with Gasteiger partial charge in [0.15, 0.2) is 0 Å². The van der Waals surface area contributed by atoms with E-state index in [1.807, 2.05) is 30.3 Å². The van der Waals surface area contributed by atoms with Gasteiger partial charge in [0.2, 0.25) is 0 Å². The summed E-state index contributed by atoms with van der Waals surface area (Å²) in [6.45, 7) is 2.06. The number of carbonyl (C=O) groups excluding carboxylic acids is 1. The molecule has 138 valence electrons. The van der Waals surface area contributed by atoms with E-state index in [0.717, 1.165) is 22.0 Å². The number of rotatable bonds is 7. The molecule has 0 radical (unpaired) electrons. The van der Waals surface area contributed by atoms with E-state index in [1.54, 1.807) is 12.1 Å². The number of aliphatic carboxylic acids is 1. The van der Waals surface area contributed by atoms with Crippen LogP contribution in [0.2, 0.25) is 0 Å². The molecule has 2 aromatic carbocycles. The van der Waals surface area contributed by atoms with Crippen LogP contribution < -0.4 is 0 Å². The Labute approximate surface area is 157 Å². The van der Waals surface area contributed by atoms with Crippen molar-refractivity contribution in [2.75, 3.05) is 0 Å². The van der Waals surface area contributed by atoms with Crippen LogP contribution in [0.1, 0.15) is 30.5 Å². The van der Waals surface area contributed by atoms with Crippen LogP contribution in [0.15, 0.2) is 48.5 Å². The second kappa shape index (κ2) is 7.99. The quantitative estimate of drug-likeness (QED) is 0.654. The lowest BCUT2D eigenvalue weighted by Gasteiger charge is -2.11. The van der Waals surface area contributed by atoms with E-state index in [4.69, 9.17) is 5.11 Å². The van der Waals surface area contributed by atoms with Gasteiger partial charge in [-0.1, -0.05) is 36.4 Å². The highest BCUT2D eigenvalue weighted by atomic mass is 16.4. The van der Waals surface area contributed by atoms with Crippen LogP contribution in [0, 0.1) is 6.92 Å². The molecule has 0 atom stereocenters. The van der Waals surface area contributed by atoms with Gasteiger partial charge in [-0.3, -0.25) is 9.59 Å². The van der Waals surface area contributed by atoms with Crippen molar-refractivity contribution in [3.05, 3.63) is 59.8 Å². The number of aromatic hydroxyl groups is 1. The number of pyridine rings is 1. The van der Waals surface area contributed by atoms with Crippen molar-refractivity contribution >= 4 is 22.5 Å². The summed E-state index contributed by atoms with van der Waals surface area (Å²) in [6.07, 6.45) is 0.264. The zero-order valence-electron chi connectivity index (χ0n) is 15.1. The third-order valence-corrected chi connectivity index (χ3v) is 4.63. The predicted molar refractivity (Wildman–Crippen MR) is 104 cm³/mol. The standard InChI is InChI=1S/C22H21NO4/c1-14-6-9-18(17-5-3-2-4-16(14)17)19-11-12-21(25)20(23-19)10-7-15(24)8-13-22(26)27/h2-6,9,11-12,25H,7-8,10,13H2,1H3,(H,26,27). The molecule has 0 spiro atoms. The number of hydrogen-bond donors (Lipinski definition) is 2. The molecule has 0 fully saturated rings. The number of benzene rings is 2. The van der Waals surface area contributed by atoms with Gasteiger partial charge in [0, 0.05) is 24.8 Å². The molecule has 0 saturated carbocycles. The van der Waals surface area contributed by atoms with Gasteiger partial charge >= 0.3 is 5.97 Å². The maximum absolute atomic E-state index is 11.8. The Morgan fingerprint density at radius 3 is 2.41 bits per heavy atom. The third-order valence-electron chi connectivity index (χ3n) is 4.63. The topological polar surface area (TPSA) is 87.5 Å². The number of aromatic nitrogens is 1. The Morgan fingerprint density at radius 1 is 0.926 bits per heavy atom. The first-order chi connectivity index (χ1) is 13.0. The summed E-state index contributed by atoms with van der Waals surface area (Å²) in [5, 5.41) is 21.0. The van der Waals surface area contributed by atoms with E-state index >= 15 is 0 Å². The molecule has 27 heavy (non-hydrogen) atoms. The minimum atomic E-state index is -0.988. The molecule has 1 aromatic heterocycles. The van der Waals surface area contributed by atoms with E-state index in [9.17, 15) is 14.7 Å². The first-order valence-electron chi connectivity index (χ1n) is 8.87. The summed E-state index contributed by atoms with van der Waals surface area (Å²) in [6, 6.07) is 15.5. The maximum Gasteiger partial charge on any atom is 0.303 e. The van der Waals surface area contributed by atoms with Crippen LogP contribution in [0.4, 0.5) is 0 Å². The van der Waals surface area contributed by atoms with Gasteiger partial charge in [-0.25, -0.2) is 4.98 Å². The van der Waals surface area contributed by atoms with E-state index in [1.165, 1.54) is 5.56 Å². The highest BCUT2D eigenvalue weighted by Gasteiger charge is 2.12. The van der Waals surface area contributed by atoms with Crippen molar-refractivity contribution in [3.8, 4) is 17.0 Å². The highest BCUT2D eigenvalue weighted by molar-refractivity contribution is 5.97. The number of nitrogens with zero attached hydrogens (tertiary/aromatic N) is 1. The molecule has 0 aliphatic carbocycles. The zero-order chi connectivity index (χ0) is 19.4. The second-order valence-corrected chi connectivity index (χ2v) is 6.57. The van der Waals surface area contributed by atoms with E-state index in [2.05, 4.69) is 18.0 Å². The van der Waals surface area contributed by atoms with Crippen molar-refractivity contribution < 1.29 is 19.8 Å². The Balaban J connectivity index is 1.87. The van der Waals surface area contributed by atoms with Gasteiger partial charge in [-0.2, -0.15) is 0 Å². The predicted octanol–water partition coefficient (Wildman–Crippen LogP) is 4.28. The molecule has 5 nitrogen and oxygen atoms in total. The highest BCUT2D eigenvalue weighted by Crippen LogP contribution is 2.31. The lowest BCUT2D eigenvalue weighted by molar-refractivity contribution is -0.138. The van der Waals surface area contributed by atoms with Crippen molar-refractivity contribution in [1.29, 1.82) is 0 Å². The normalized spacial score (nSPS) is 10.9. The van der Waals surface area contributed by atoms with Gasteiger partial charge in [0.1, 0.15) is 11.5 Å². The van der Waals surface area contributed by atoms with Gasteiger partial charge in [-0.05, 0) is 35.4 Å². The minimum Gasteiger partial charge on any atom is -0.506 e. The molecule has 0 saturated heterocycles. The number of carboxylic acids is 1. The van der Waals surface area contributed by atoms with Gasteiger partial charge in [-0.15, -0.1) is 0 Å². The fourth-order valence-electron chi connectivity index (χ4n) is 3.13. The number of ketones is 1.